The first-order chi connectivity index (χ1) is 5.00. The SMILES string of the molecule is BC(B)(C)C1CCC[C@H](C)C1. The van der Waals surface area contributed by atoms with Crippen LogP contribution in [0.4, 0.5) is 0 Å². The molecular weight excluding hydrogens is 130 g/mol. The van der Waals surface area contributed by atoms with Gasteiger partial charge in [-0.15, -0.1) is 0 Å². The van der Waals surface area contributed by atoms with E-state index in [0.29, 0.717) is 5.21 Å². The molecule has 0 aromatic rings. The molecule has 0 heterocycles. The van der Waals surface area contributed by atoms with Gasteiger partial charge >= 0.3 is 0 Å². The molecule has 0 bridgehead atoms. The minimum absolute atomic E-state index is 0.550. The molecule has 62 valence electrons. The zero-order chi connectivity index (χ0) is 8.48. The van der Waals surface area contributed by atoms with Gasteiger partial charge in [-0.05, 0) is 18.3 Å². The molecule has 0 radical (unpaired) electrons. The van der Waals surface area contributed by atoms with Crippen LogP contribution in [0.15, 0.2) is 0 Å². The quantitative estimate of drug-likeness (QED) is 0.492. The Labute approximate surface area is 73.0 Å². The maximum Gasteiger partial charge on any atom is 0.0992 e. The van der Waals surface area contributed by atoms with Crippen LogP contribution in [-0.2, 0) is 0 Å². The van der Waals surface area contributed by atoms with Crippen molar-refractivity contribution >= 4 is 15.7 Å². The van der Waals surface area contributed by atoms with Crippen molar-refractivity contribution in [3.05, 3.63) is 0 Å². The van der Waals surface area contributed by atoms with Gasteiger partial charge in [0.1, 0.15) is 0 Å². The van der Waals surface area contributed by atoms with Gasteiger partial charge in [-0.2, -0.15) is 0 Å². The molecule has 0 aromatic carbocycles. The van der Waals surface area contributed by atoms with Crippen LogP contribution < -0.4 is 0 Å². The van der Waals surface area contributed by atoms with E-state index in [1.54, 1.807) is 0 Å². The lowest BCUT2D eigenvalue weighted by Gasteiger charge is -2.36. The lowest BCUT2D eigenvalue weighted by Crippen LogP contribution is -2.26. The highest BCUT2D eigenvalue weighted by Gasteiger charge is 2.28. The molecule has 0 amide bonds. The van der Waals surface area contributed by atoms with E-state index >= 15 is 0 Å². The molecule has 1 aliphatic carbocycles. The standard InChI is InChI=1S/C9H20B2/c1-7-4-3-5-8(6-7)9(2,10)11/h7-8H,3-6,10-11H2,1-2H3/t7-,8?/m0/s1. The van der Waals surface area contributed by atoms with E-state index in [9.17, 15) is 0 Å². The lowest BCUT2D eigenvalue weighted by molar-refractivity contribution is 0.263. The molecule has 0 N–H and O–H groups in total. The van der Waals surface area contributed by atoms with E-state index in [-0.39, 0.29) is 0 Å². The third kappa shape index (κ3) is 2.57. The van der Waals surface area contributed by atoms with Gasteiger partial charge in [0.2, 0.25) is 0 Å². The summed E-state index contributed by atoms with van der Waals surface area (Å²) in [5.74, 6) is 1.96. The molecular formula is C9H20B2. The molecule has 2 atom stereocenters. The average molecular weight is 150 g/mol. The molecule has 0 nitrogen and oxygen atoms in total. The Morgan fingerprint density at radius 2 is 1.91 bits per heavy atom. The van der Waals surface area contributed by atoms with Crippen LogP contribution >= 0.6 is 0 Å². The lowest BCUT2D eigenvalue weighted by atomic mass is 9.47. The number of hydrogen-bond donors (Lipinski definition) is 0. The van der Waals surface area contributed by atoms with Crippen molar-refractivity contribution in [1.82, 2.24) is 0 Å². The maximum atomic E-state index is 2.40. The monoisotopic (exact) mass is 150 g/mol. The van der Waals surface area contributed by atoms with Crippen LogP contribution in [0.2, 0.25) is 5.21 Å². The summed E-state index contributed by atoms with van der Waals surface area (Å²) >= 11 is 0. The topological polar surface area (TPSA) is 0 Å². The predicted molar refractivity (Wildman–Crippen MR) is 56.6 cm³/mol. The van der Waals surface area contributed by atoms with Gasteiger partial charge in [-0.25, -0.2) is 0 Å². The van der Waals surface area contributed by atoms with Gasteiger partial charge in [0.25, 0.3) is 0 Å². The normalized spacial score (nSPS) is 33.6. The van der Waals surface area contributed by atoms with Gasteiger partial charge in [-0.3, -0.25) is 0 Å². The third-order valence-corrected chi connectivity index (χ3v) is 3.16. The fourth-order valence-electron chi connectivity index (χ4n) is 2.22. The van der Waals surface area contributed by atoms with Gasteiger partial charge in [0, 0.05) is 0 Å². The summed E-state index contributed by atoms with van der Waals surface area (Å²) in [6.07, 6.45) is 5.85. The van der Waals surface area contributed by atoms with Gasteiger partial charge < -0.3 is 0 Å². The first-order valence-electron chi connectivity index (χ1n) is 5.00. The zero-order valence-electron chi connectivity index (χ0n) is 8.48. The summed E-state index contributed by atoms with van der Waals surface area (Å²) in [6.45, 7) is 4.79. The molecule has 11 heavy (non-hydrogen) atoms. The van der Waals surface area contributed by atoms with E-state index < -0.39 is 0 Å². The van der Waals surface area contributed by atoms with E-state index in [1.165, 1.54) is 25.7 Å². The summed E-state index contributed by atoms with van der Waals surface area (Å²) in [6, 6.07) is 0. The van der Waals surface area contributed by atoms with Gasteiger partial charge in [0.05, 0.1) is 15.7 Å². The summed E-state index contributed by atoms with van der Waals surface area (Å²) in [5, 5.41) is 0.550. The number of hydrogen-bond acceptors (Lipinski definition) is 0. The predicted octanol–water partition coefficient (Wildman–Crippen LogP) is 1.22. The second kappa shape index (κ2) is 3.25. The Kier molecular flexibility index (Phi) is 2.72. The molecule has 0 aromatic heterocycles. The molecule has 1 unspecified atom stereocenters. The Morgan fingerprint density at radius 1 is 1.27 bits per heavy atom. The Balaban J connectivity index is 2.46. The Hall–Kier alpha value is 0.130. The second-order valence-corrected chi connectivity index (χ2v) is 5.33. The summed E-state index contributed by atoms with van der Waals surface area (Å²) < 4.78 is 0. The van der Waals surface area contributed by atoms with Crippen LogP contribution in [0.3, 0.4) is 0 Å². The first kappa shape index (κ1) is 9.22. The fourth-order valence-corrected chi connectivity index (χ4v) is 2.22. The van der Waals surface area contributed by atoms with Crippen molar-refractivity contribution in [2.45, 2.75) is 44.7 Å². The highest BCUT2D eigenvalue weighted by Crippen LogP contribution is 2.40. The third-order valence-electron chi connectivity index (χ3n) is 3.16. The first-order valence-corrected chi connectivity index (χ1v) is 5.00. The van der Waals surface area contributed by atoms with Crippen molar-refractivity contribution in [2.24, 2.45) is 11.8 Å². The minimum Gasteiger partial charge on any atom is -0.0845 e. The maximum absolute atomic E-state index is 2.40. The molecule has 1 fully saturated rings. The molecule has 1 rings (SSSR count). The van der Waals surface area contributed by atoms with Gasteiger partial charge in [-0.1, -0.05) is 38.3 Å². The molecule has 1 aliphatic rings. The average Bonchev–Trinajstić information content (AvgIpc) is 1.86. The van der Waals surface area contributed by atoms with E-state index in [0.717, 1.165) is 11.8 Å². The van der Waals surface area contributed by atoms with Crippen LogP contribution in [0.1, 0.15) is 39.5 Å². The van der Waals surface area contributed by atoms with E-state index in [4.69, 9.17) is 0 Å². The van der Waals surface area contributed by atoms with Crippen molar-refractivity contribution < 1.29 is 0 Å². The van der Waals surface area contributed by atoms with Crippen LogP contribution in [0.25, 0.3) is 0 Å². The minimum atomic E-state index is 0.550. The Morgan fingerprint density at radius 3 is 2.27 bits per heavy atom. The molecule has 0 spiro atoms. The van der Waals surface area contributed by atoms with Crippen LogP contribution in [0, 0.1) is 11.8 Å². The van der Waals surface area contributed by atoms with Crippen LogP contribution in [-0.4, -0.2) is 15.7 Å². The van der Waals surface area contributed by atoms with Crippen LogP contribution in [0.5, 0.6) is 0 Å². The summed E-state index contributed by atoms with van der Waals surface area (Å²) in [4.78, 5) is 0. The summed E-state index contributed by atoms with van der Waals surface area (Å²) in [5.41, 5.74) is 0. The van der Waals surface area contributed by atoms with E-state index in [2.05, 4.69) is 29.5 Å². The highest BCUT2D eigenvalue weighted by atomic mass is 14.3. The highest BCUT2D eigenvalue weighted by molar-refractivity contribution is 6.39. The van der Waals surface area contributed by atoms with Crippen molar-refractivity contribution in [3.8, 4) is 0 Å². The largest absolute Gasteiger partial charge is 0.0992 e. The van der Waals surface area contributed by atoms with Crippen molar-refractivity contribution in [3.63, 3.8) is 0 Å². The van der Waals surface area contributed by atoms with E-state index in [1.807, 2.05) is 0 Å². The second-order valence-electron chi connectivity index (χ2n) is 5.33. The zero-order valence-corrected chi connectivity index (χ0v) is 8.48. The number of rotatable bonds is 1. The molecule has 0 aliphatic heterocycles. The fraction of sp³-hybridized carbons (Fsp3) is 1.00. The molecule has 2 heteroatoms. The molecule has 0 saturated heterocycles. The van der Waals surface area contributed by atoms with Gasteiger partial charge in [0.15, 0.2) is 0 Å². The van der Waals surface area contributed by atoms with Crippen molar-refractivity contribution in [1.29, 1.82) is 0 Å². The smallest absolute Gasteiger partial charge is 0.0845 e. The Bertz CT molecular complexity index is 126. The molecule has 1 saturated carbocycles. The van der Waals surface area contributed by atoms with Crippen molar-refractivity contribution in [2.75, 3.05) is 0 Å². The summed E-state index contributed by atoms with van der Waals surface area (Å²) in [7, 11) is 4.77.